The van der Waals surface area contributed by atoms with E-state index in [1.165, 1.54) is 0 Å². The predicted octanol–water partition coefficient (Wildman–Crippen LogP) is 4.59. The molecule has 0 saturated heterocycles. The Kier molecular flexibility index (Phi) is 4.48. The van der Waals surface area contributed by atoms with Crippen molar-refractivity contribution in [1.29, 1.82) is 0 Å². The highest BCUT2D eigenvalue weighted by Gasteiger charge is 2.17. The molecule has 3 heteroatoms. The number of carbonyl (C=O) groups excluding carboxylic acids is 1. The van der Waals surface area contributed by atoms with E-state index >= 15 is 0 Å². The Morgan fingerprint density at radius 2 is 1.48 bits per heavy atom. The van der Waals surface area contributed by atoms with Gasteiger partial charge in [0.05, 0.1) is 12.3 Å². The van der Waals surface area contributed by atoms with Gasteiger partial charge in [0.25, 0.3) is 0 Å². The zero-order valence-corrected chi connectivity index (χ0v) is 12.9. The molecule has 0 spiro atoms. The molecule has 0 radical (unpaired) electrons. The first kappa shape index (κ1) is 15.0. The fraction of sp³-hybridized carbons (Fsp3) is 0.100. The highest BCUT2D eigenvalue weighted by atomic mass is 16.5. The van der Waals surface area contributed by atoms with Gasteiger partial charge in [0, 0.05) is 11.1 Å². The normalized spacial score (nSPS) is 10.3. The molecule has 0 fully saturated rings. The Bertz CT molecular complexity index is 798. The molecule has 3 nitrogen and oxygen atoms in total. The molecule has 0 saturated carbocycles. The lowest BCUT2D eigenvalue weighted by Gasteiger charge is -2.10. The molecule has 0 aliphatic carbocycles. The number of carbonyl (C=O) groups is 1. The minimum absolute atomic E-state index is 0.324. The number of hydrogen-bond acceptors (Lipinski definition) is 3. The van der Waals surface area contributed by atoms with E-state index in [-0.39, 0.29) is 0 Å². The van der Waals surface area contributed by atoms with Crippen molar-refractivity contribution in [2.45, 2.75) is 6.92 Å². The van der Waals surface area contributed by atoms with E-state index in [1.807, 2.05) is 72.8 Å². The minimum atomic E-state index is -0.399. The number of pyridine rings is 1. The molecule has 2 aromatic carbocycles. The molecule has 1 heterocycles. The van der Waals surface area contributed by atoms with Crippen LogP contribution in [-0.4, -0.2) is 17.6 Å². The molecule has 0 aliphatic heterocycles. The molecule has 114 valence electrons. The fourth-order valence-corrected chi connectivity index (χ4v) is 2.43. The summed E-state index contributed by atoms with van der Waals surface area (Å²) in [4.78, 5) is 16.9. The van der Waals surface area contributed by atoms with Crippen LogP contribution in [0, 0.1) is 0 Å². The van der Waals surface area contributed by atoms with Gasteiger partial charge in [0.1, 0.15) is 0 Å². The highest BCUT2D eigenvalue weighted by molar-refractivity contribution is 5.96. The van der Waals surface area contributed by atoms with Crippen molar-refractivity contribution in [2.24, 2.45) is 0 Å². The summed E-state index contributed by atoms with van der Waals surface area (Å²) in [6.07, 6.45) is 0. The Morgan fingerprint density at radius 3 is 2.09 bits per heavy atom. The average molecular weight is 303 g/mol. The molecule has 3 aromatic rings. The highest BCUT2D eigenvalue weighted by Crippen LogP contribution is 2.26. The molecular formula is C20H17NO2. The lowest BCUT2D eigenvalue weighted by atomic mass is 10.0. The van der Waals surface area contributed by atoms with E-state index in [1.54, 1.807) is 6.92 Å². The van der Waals surface area contributed by atoms with Gasteiger partial charge in [-0.1, -0.05) is 60.7 Å². The van der Waals surface area contributed by atoms with Crippen LogP contribution in [0.4, 0.5) is 0 Å². The summed E-state index contributed by atoms with van der Waals surface area (Å²) in [7, 11) is 0. The van der Waals surface area contributed by atoms with Gasteiger partial charge < -0.3 is 4.74 Å². The number of esters is 1. The van der Waals surface area contributed by atoms with E-state index in [0.29, 0.717) is 12.3 Å². The second kappa shape index (κ2) is 6.88. The Balaban J connectivity index is 2.12. The average Bonchev–Trinajstić information content (AvgIpc) is 2.63. The number of ether oxygens (including phenoxy) is 1. The van der Waals surface area contributed by atoms with Gasteiger partial charge in [0.2, 0.25) is 0 Å². The van der Waals surface area contributed by atoms with Crippen molar-refractivity contribution in [2.75, 3.05) is 6.61 Å². The smallest absolute Gasteiger partial charge is 0.357 e. The Morgan fingerprint density at radius 1 is 0.870 bits per heavy atom. The van der Waals surface area contributed by atoms with Crippen LogP contribution in [0.25, 0.3) is 22.4 Å². The lowest BCUT2D eigenvalue weighted by molar-refractivity contribution is 0.0520. The van der Waals surface area contributed by atoms with Gasteiger partial charge in [-0.3, -0.25) is 0 Å². The van der Waals surface area contributed by atoms with Gasteiger partial charge >= 0.3 is 5.97 Å². The van der Waals surface area contributed by atoms with Crippen LogP contribution in [0.15, 0.2) is 72.8 Å². The minimum Gasteiger partial charge on any atom is -0.461 e. The second-order valence-electron chi connectivity index (χ2n) is 5.05. The third-order valence-electron chi connectivity index (χ3n) is 3.52. The maximum absolute atomic E-state index is 12.3. The molecule has 0 amide bonds. The van der Waals surface area contributed by atoms with Crippen LogP contribution in [0.3, 0.4) is 0 Å². The zero-order chi connectivity index (χ0) is 16.1. The van der Waals surface area contributed by atoms with Gasteiger partial charge in [-0.2, -0.15) is 0 Å². The number of aromatic nitrogens is 1. The first-order chi connectivity index (χ1) is 11.3. The quantitative estimate of drug-likeness (QED) is 0.662. The van der Waals surface area contributed by atoms with E-state index in [9.17, 15) is 4.79 Å². The van der Waals surface area contributed by atoms with Gasteiger partial charge in [0.15, 0.2) is 5.69 Å². The summed E-state index contributed by atoms with van der Waals surface area (Å²) in [5, 5.41) is 0. The monoisotopic (exact) mass is 303 g/mol. The molecule has 0 N–H and O–H groups in total. The van der Waals surface area contributed by atoms with Crippen LogP contribution >= 0.6 is 0 Å². The SMILES string of the molecule is CCOC(=O)c1nc(-c2ccccc2)ccc1-c1ccccc1. The van der Waals surface area contributed by atoms with E-state index < -0.39 is 5.97 Å². The zero-order valence-electron chi connectivity index (χ0n) is 12.9. The molecule has 3 rings (SSSR count). The van der Waals surface area contributed by atoms with E-state index in [4.69, 9.17) is 4.74 Å². The van der Waals surface area contributed by atoms with Crippen molar-refractivity contribution in [1.82, 2.24) is 4.98 Å². The van der Waals surface area contributed by atoms with Crippen LogP contribution in [0.5, 0.6) is 0 Å². The van der Waals surface area contributed by atoms with Crippen molar-refractivity contribution in [3.05, 3.63) is 78.5 Å². The molecule has 0 aliphatic rings. The first-order valence-electron chi connectivity index (χ1n) is 7.58. The summed E-state index contributed by atoms with van der Waals surface area (Å²) in [6, 6.07) is 23.4. The summed E-state index contributed by atoms with van der Waals surface area (Å²) in [5.74, 6) is -0.399. The molecule has 1 aromatic heterocycles. The maximum Gasteiger partial charge on any atom is 0.357 e. The summed E-state index contributed by atoms with van der Waals surface area (Å²) in [6.45, 7) is 2.12. The Hall–Kier alpha value is -2.94. The number of rotatable bonds is 4. The van der Waals surface area contributed by atoms with Crippen LogP contribution in [-0.2, 0) is 4.74 Å². The molecule has 0 unspecified atom stereocenters. The van der Waals surface area contributed by atoms with Gasteiger partial charge in [-0.25, -0.2) is 9.78 Å². The van der Waals surface area contributed by atoms with E-state index in [0.717, 1.165) is 22.4 Å². The molecular weight excluding hydrogens is 286 g/mol. The van der Waals surface area contributed by atoms with Crippen molar-refractivity contribution in [3.8, 4) is 22.4 Å². The van der Waals surface area contributed by atoms with Crippen LogP contribution in [0.2, 0.25) is 0 Å². The number of nitrogens with zero attached hydrogens (tertiary/aromatic N) is 1. The number of hydrogen-bond donors (Lipinski definition) is 0. The summed E-state index contributed by atoms with van der Waals surface area (Å²) < 4.78 is 5.18. The van der Waals surface area contributed by atoms with Gasteiger partial charge in [-0.15, -0.1) is 0 Å². The van der Waals surface area contributed by atoms with Gasteiger partial charge in [-0.05, 0) is 24.6 Å². The molecule has 0 atom stereocenters. The van der Waals surface area contributed by atoms with Crippen molar-refractivity contribution >= 4 is 5.97 Å². The third kappa shape index (κ3) is 3.29. The van der Waals surface area contributed by atoms with E-state index in [2.05, 4.69) is 4.98 Å². The standard InChI is InChI=1S/C20H17NO2/c1-2-23-20(22)19-17(15-9-5-3-6-10-15)13-14-18(21-19)16-11-7-4-8-12-16/h3-14H,2H2,1H3. The summed E-state index contributed by atoms with van der Waals surface area (Å²) >= 11 is 0. The second-order valence-corrected chi connectivity index (χ2v) is 5.05. The topological polar surface area (TPSA) is 39.2 Å². The Labute approximate surface area is 135 Å². The lowest BCUT2D eigenvalue weighted by Crippen LogP contribution is -2.09. The maximum atomic E-state index is 12.3. The molecule has 23 heavy (non-hydrogen) atoms. The first-order valence-corrected chi connectivity index (χ1v) is 7.58. The third-order valence-corrected chi connectivity index (χ3v) is 3.52. The number of benzene rings is 2. The predicted molar refractivity (Wildman–Crippen MR) is 91.1 cm³/mol. The van der Waals surface area contributed by atoms with Crippen LogP contribution < -0.4 is 0 Å². The largest absolute Gasteiger partial charge is 0.461 e. The summed E-state index contributed by atoms with van der Waals surface area (Å²) in [5.41, 5.74) is 3.80. The fourth-order valence-electron chi connectivity index (χ4n) is 2.43. The van der Waals surface area contributed by atoms with Crippen molar-refractivity contribution < 1.29 is 9.53 Å². The molecule has 0 bridgehead atoms. The van der Waals surface area contributed by atoms with Crippen molar-refractivity contribution in [3.63, 3.8) is 0 Å². The van der Waals surface area contributed by atoms with Crippen LogP contribution in [0.1, 0.15) is 17.4 Å².